The highest BCUT2D eigenvalue weighted by molar-refractivity contribution is 6.30. The summed E-state index contributed by atoms with van der Waals surface area (Å²) in [6.45, 7) is 0. The molecule has 0 spiro atoms. The molecule has 0 aliphatic rings. The number of imidazole rings is 1. The van der Waals surface area contributed by atoms with Crippen molar-refractivity contribution in [3.63, 3.8) is 0 Å². The summed E-state index contributed by atoms with van der Waals surface area (Å²) in [6.07, 6.45) is 3.82. The molecule has 0 aliphatic carbocycles. The highest BCUT2D eigenvalue weighted by atomic mass is 35.5. The van der Waals surface area contributed by atoms with Crippen LogP contribution in [0.15, 0.2) is 133 Å². The van der Waals surface area contributed by atoms with Crippen LogP contribution in [0.1, 0.15) is 11.1 Å². The van der Waals surface area contributed by atoms with Crippen molar-refractivity contribution in [3.05, 3.63) is 160 Å². The van der Waals surface area contributed by atoms with Crippen LogP contribution >= 0.6 is 11.6 Å². The van der Waals surface area contributed by atoms with Gasteiger partial charge in [-0.05, 0) is 35.4 Å². The Kier molecular flexibility index (Phi) is 7.27. The van der Waals surface area contributed by atoms with E-state index in [-0.39, 0.29) is 10.6 Å². The van der Waals surface area contributed by atoms with Crippen molar-refractivity contribution in [1.29, 1.82) is 0 Å². The molecule has 6 heteroatoms. The van der Waals surface area contributed by atoms with Gasteiger partial charge in [0, 0.05) is 39.5 Å². The minimum absolute atomic E-state index is 0.0694. The van der Waals surface area contributed by atoms with E-state index < -0.39 is 0 Å². The SMILES string of the molecule is O=[N+]([O-])c1cccc(/C=C/c2ccc(-c3nc(-c4ccccc4)c(-c4ccccc4)n3-c3ccc(Cl)cc3)cc2)c1. The van der Waals surface area contributed by atoms with E-state index in [1.165, 1.54) is 6.07 Å². The zero-order valence-electron chi connectivity index (χ0n) is 21.9. The monoisotopic (exact) mass is 553 g/mol. The Hall–Kier alpha value is -5.26. The topological polar surface area (TPSA) is 61.0 Å². The van der Waals surface area contributed by atoms with Crippen LogP contribution in [0.2, 0.25) is 5.02 Å². The van der Waals surface area contributed by atoms with Crippen LogP contribution in [0.25, 0.3) is 51.7 Å². The van der Waals surface area contributed by atoms with Crippen LogP contribution in [0.4, 0.5) is 5.69 Å². The normalized spacial score (nSPS) is 11.1. The minimum Gasteiger partial charge on any atom is -0.292 e. The minimum atomic E-state index is -0.387. The Bertz CT molecular complexity index is 1840. The Morgan fingerprint density at radius 2 is 1.29 bits per heavy atom. The van der Waals surface area contributed by atoms with Crippen LogP contribution in [-0.4, -0.2) is 14.5 Å². The fourth-order valence-corrected chi connectivity index (χ4v) is 4.92. The molecule has 0 N–H and O–H groups in total. The maximum absolute atomic E-state index is 11.1. The first-order valence-corrected chi connectivity index (χ1v) is 13.5. The van der Waals surface area contributed by atoms with Crippen LogP contribution < -0.4 is 0 Å². The smallest absolute Gasteiger partial charge is 0.270 e. The molecule has 0 atom stereocenters. The van der Waals surface area contributed by atoms with E-state index in [4.69, 9.17) is 16.6 Å². The van der Waals surface area contributed by atoms with Gasteiger partial charge >= 0.3 is 0 Å². The Balaban J connectivity index is 1.47. The molecule has 1 aromatic heterocycles. The zero-order valence-corrected chi connectivity index (χ0v) is 22.6. The molecule has 0 saturated carbocycles. The maximum atomic E-state index is 11.1. The molecule has 0 radical (unpaired) electrons. The third kappa shape index (κ3) is 5.57. The number of nitro groups is 1. The summed E-state index contributed by atoms with van der Waals surface area (Å²) in [5.41, 5.74) is 7.66. The number of halogens is 1. The molecule has 6 rings (SSSR count). The molecule has 0 fully saturated rings. The van der Waals surface area contributed by atoms with E-state index in [9.17, 15) is 10.1 Å². The number of benzene rings is 5. The lowest BCUT2D eigenvalue weighted by molar-refractivity contribution is -0.384. The van der Waals surface area contributed by atoms with Crippen LogP contribution in [0.5, 0.6) is 0 Å². The predicted octanol–water partition coefficient (Wildman–Crippen LogP) is 9.61. The van der Waals surface area contributed by atoms with E-state index >= 15 is 0 Å². The number of nitro benzene ring substituents is 1. The third-order valence-corrected chi connectivity index (χ3v) is 7.03. The van der Waals surface area contributed by atoms with E-state index in [2.05, 4.69) is 28.8 Å². The van der Waals surface area contributed by atoms with E-state index in [0.717, 1.165) is 50.7 Å². The number of nitrogens with zero attached hydrogens (tertiary/aromatic N) is 3. The lowest BCUT2D eigenvalue weighted by Crippen LogP contribution is -2.00. The molecule has 5 nitrogen and oxygen atoms in total. The predicted molar refractivity (Wildman–Crippen MR) is 167 cm³/mol. The molecule has 5 aromatic carbocycles. The third-order valence-electron chi connectivity index (χ3n) is 6.77. The summed E-state index contributed by atoms with van der Waals surface area (Å²) in [6, 6.07) is 43.0. The van der Waals surface area contributed by atoms with Crippen molar-refractivity contribution >= 4 is 29.4 Å². The number of hydrogen-bond acceptors (Lipinski definition) is 3. The van der Waals surface area contributed by atoms with Crippen molar-refractivity contribution in [1.82, 2.24) is 9.55 Å². The Morgan fingerprint density at radius 3 is 1.95 bits per heavy atom. The fraction of sp³-hybridized carbons (Fsp3) is 0. The van der Waals surface area contributed by atoms with Gasteiger partial charge in [-0.25, -0.2) is 4.98 Å². The second-order valence-electron chi connectivity index (χ2n) is 9.48. The maximum Gasteiger partial charge on any atom is 0.270 e. The van der Waals surface area contributed by atoms with Crippen molar-refractivity contribution in [2.75, 3.05) is 0 Å². The van der Waals surface area contributed by atoms with Crippen molar-refractivity contribution in [2.45, 2.75) is 0 Å². The van der Waals surface area contributed by atoms with Gasteiger partial charge < -0.3 is 0 Å². The lowest BCUT2D eigenvalue weighted by Gasteiger charge is -2.14. The number of rotatable bonds is 7. The van der Waals surface area contributed by atoms with Crippen molar-refractivity contribution in [2.24, 2.45) is 0 Å². The summed E-state index contributed by atoms with van der Waals surface area (Å²) in [7, 11) is 0. The van der Waals surface area contributed by atoms with Gasteiger partial charge in [-0.2, -0.15) is 0 Å². The Morgan fingerprint density at radius 1 is 0.659 bits per heavy atom. The average Bonchev–Trinajstić information content (AvgIpc) is 3.42. The number of non-ortho nitro benzene ring substituents is 1. The molecular weight excluding hydrogens is 530 g/mol. The molecule has 0 unspecified atom stereocenters. The van der Waals surface area contributed by atoms with Crippen molar-refractivity contribution in [3.8, 4) is 39.6 Å². The second-order valence-corrected chi connectivity index (χ2v) is 9.92. The second kappa shape index (κ2) is 11.5. The molecule has 1 heterocycles. The van der Waals surface area contributed by atoms with Crippen molar-refractivity contribution < 1.29 is 4.92 Å². The zero-order chi connectivity index (χ0) is 28.2. The van der Waals surface area contributed by atoms with Gasteiger partial charge in [-0.3, -0.25) is 14.7 Å². The number of aromatic nitrogens is 2. The summed E-state index contributed by atoms with van der Waals surface area (Å²) in [5, 5.41) is 11.8. The fourth-order valence-electron chi connectivity index (χ4n) is 4.79. The van der Waals surface area contributed by atoms with Gasteiger partial charge in [0.15, 0.2) is 0 Å². The quantitative estimate of drug-likeness (QED) is 0.112. The van der Waals surface area contributed by atoms with Gasteiger partial charge in [0.2, 0.25) is 0 Å². The molecule has 0 aliphatic heterocycles. The highest BCUT2D eigenvalue weighted by Gasteiger charge is 2.22. The van der Waals surface area contributed by atoms with E-state index in [1.807, 2.05) is 103 Å². The lowest BCUT2D eigenvalue weighted by atomic mass is 10.0. The molecule has 198 valence electrons. The summed E-state index contributed by atoms with van der Waals surface area (Å²) in [5.74, 6) is 0.805. The van der Waals surface area contributed by atoms with Gasteiger partial charge in [-0.15, -0.1) is 0 Å². The summed E-state index contributed by atoms with van der Waals surface area (Å²) in [4.78, 5) is 16.0. The highest BCUT2D eigenvalue weighted by Crippen LogP contribution is 2.38. The Labute approximate surface area is 242 Å². The molecule has 0 amide bonds. The number of hydrogen-bond donors (Lipinski definition) is 0. The molecular formula is C35H24ClN3O2. The largest absolute Gasteiger partial charge is 0.292 e. The van der Waals surface area contributed by atoms with Gasteiger partial charge in [-0.1, -0.05) is 121 Å². The van der Waals surface area contributed by atoms with E-state index in [0.29, 0.717) is 5.02 Å². The standard InChI is InChI=1S/C35H24ClN3O2/c36-30-20-22-31(23-21-30)38-34(28-11-5-2-6-12-28)33(27-9-3-1-4-10-27)37-35(38)29-18-16-25(17-19-29)14-15-26-8-7-13-32(24-26)39(40)41/h1-24H/b15-14+. The van der Waals surface area contributed by atoms with Crippen LogP contribution in [0, 0.1) is 10.1 Å². The molecule has 6 aromatic rings. The van der Waals surface area contributed by atoms with Crippen LogP contribution in [0.3, 0.4) is 0 Å². The average molecular weight is 554 g/mol. The first kappa shape index (κ1) is 26.0. The van der Waals surface area contributed by atoms with E-state index in [1.54, 1.807) is 12.1 Å². The first-order valence-electron chi connectivity index (χ1n) is 13.1. The molecule has 0 bridgehead atoms. The summed E-state index contributed by atoms with van der Waals surface area (Å²) < 4.78 is 2.18. The first-order chi connectivity index (χ1) is 20.1. The molecule has 41 heavy (non-hydrogen) atoms. The summed E-state index contributed by atoms with van der Waals surface area (Å²) >= 11 is 6.26. The molecule has 0 saturated heterocycles. The van der Waals surface area contributed by atoms with Gasteiger partial charge in [0.1, 0.15) is 5.82 Å². The van der Waals surface area contributed by atoms with Gasteiger partial charge in [0.25, 0.3) is 5.69 Å². The van der Waals surface area contributed by atoms with Crippen LogP contribution in [-0.2, 0) is 0 Å². The van der Waals surface area contributed by atoms with Gasteiger partial charge in [0.05, 0.1) is 16.3 Å².